The lowest BCUT2D eigenvalue weighted by Gasteiger charge is -2.11. The number of amides is 1. The molecule has 24 heavy (non-hydrogen) atoms. The predicted molar refractivity (Wildman–Crippen MR) is 102 cm³/mol. The van der Waals surface area contributed by atoms with Crippen molar-refractivity contribution in [2.45, 2.75) is 20.3 Å². The lowest BCUT2D eigenvalue weighted by Crippen LogP contribution is -2.34. The van der Waals surface area contributed by atoms with Gasteiger partial charge in [0.1, 0.15) is 5.75 Å². The molecule has 0 unspecified atom stereocenters. The summed E-state index contributed by atoms with van der Waals surface area (Å²) < 4.78 is 5.49. The lowest BCUT2D eigenvalue weighted by molar-refractivity contribution is 0.0977. The fourth-order valence-electron chi connectivity index (χ4n) is 1.93. The average Bonchev–Trinajstić information content (AvgIpc) is 2.56. The fraction of sp³-hybridized carbons (Fsp3) is 0.222. The Morgan fingerprint density at radius 2 is 1.92 bits per heavy atom. The van der Waals surface area contributed by atoms with Gasteiger partial charge in [-0.25, -0.2) is 0 Å². The number of benzene rings is 2. The highest BCUT2D eigenvalue weighted by Crippen LogP contribution is 2.20. The second-order valence-electron chi connectivity index (χ2n) is 5.25. The van der Waals surface area contributed by atoms with Gasteiger partial charge in [0, 0.05) is 16.3 Å². The predicted octanol–water partition coefficient (Wildman–Crippen LogP) is 4.56. The number of hydrogen-bond donors (Lipinski definition) is 2. The first-order valence-corrected chi connectivity index (χ1v) is 8.39. The molecule has 2 aromatic rings. The number of rotatable bonds is 5. The number of halogens is 1. The molecular formula is C18H19ClN2O2S. The van der Waals surface area contributed by atoms with Crippen molar-refractivity contribution >= 4 is 40.5 Å². The third-order valence-corrected chi connectivity index (χ3v) is 3.86. The van der Waals surface area contributed by atoms with Crippen LogP contribution in [-0.4, -0.2) is 17.6 Å². The van der Waals surface area contributed by atoms with Crippen LogP contribution in [0.15, 0.2) is 42.5 Å². The summed E-state index contributed by atoms with van der Waals surface area (Å²) in [5, 5.41) is 6.43. The quantitative estimate of drug-likeness (QED) is 0.765. The Labute approximate surface area is 152 Å². The Hall–Kier alpha value is -2.11. The minimum atomic E-state index is -0.284. The summed E-state index contributed by atoms with van der Waals surface area (Å²) >= 11 is 11.2. The number of anilines is 1. The van der Waals surface area contributed by atoms with Crippen molar-refractivity contribution in [3.63, 3.8) is 0 Å². The normalized spacial score (nSPS) is 10.1. The molecule has 0 aliphatic carbocycles. The standard InChI is InChI=1S/C18H19ClN2O2S/c1-3-10-23-15-8-5-13(6-9-15)17(22)21-18(24)20-14-7-4-12(2)16(19)11-14/h4-9,11H,3,10H2,1-2H3,(H2,20,21,22,24). The van der Waals surface area contributed by atoms with E-state index in [1.807, 2.05) is 26.0 Å². The van der Waals surface area contributed by atoms with E-state index >= 15 is 0 Å². The van der Waals surface area contributed by atoms with Crippen molar-refractivity contribution < 1.29 is 9.53 Å². The van der Waals surface area contributed by atoms with Crippen LogP contribution in [0.5, 0.6) is 5.75 Å². The SMILES string of the molecule is CCCOc1ccc(C(=O)NC(=S)Nc2ccc(C)c(Cl)c2)cc1. The van der Waals surface area contributed by atoms with Crippen LogP contribution in [0.2, 0.25) is 5.02 Å². The molecule has 0 aliphatic heterocycles. The number of nitrogens with one attached hydrogen (secondary N) is 2. The average molecular weight is 363 g/mol. The number of hydrogen-bond acceptors (Lipinski definition) is 3. The van der Waals surface area contributed by atoms with Gasteiger partial charge in [0.05, 0.1) is 6.61 Å². The Bertz CT molecular complexity index is 732. The summed E-state index contributed by atoms with van der Waals surface area (Å²) in [7, 11) is 0. The van der Waals surface area contributed by atoms with Crippen LogP contribution in [0.1, 0.15) is 29.3 Å². The fourth-order valence-corrected chi connectivity index (χ4v) is 2.32. The summed E-state index contributed by atoms with van der Waals surface area (Å²) in [6, 6.07) is 12.4. The van der Waals surface area contributed by atoms with Gasteiger partial charge in [-0.1, -0.05) is 24.6 Å². The molecule has 2 aromatic carbocycles. The molecule has 1 amide bonds. The molecule has 0 aromatic heterocycles. The minimum absolute atomic E-state index is 0.214. The smallest absolute Gasteiger partial charge is 0.257 e. The van der Waals surface area contributed by atoms with Crippen LogP contribution in [0, 0.1) is 6.92 Å². The van der Waals surface area contributed by atoms with Gasteiger partial charge in [0.25, 0.3) is 5.91 Å². The van der Waals surface area contributed by atoms with Crippen molar-refractivity contribution in [1.29, 1.82) is 0 Å². The van der Waals surface area contributed by atoms with Crippen LogP contribution in [-0.2, 0) is 0 Å². The maximum absolute atomic E-state index is 12.2. The van der Waals surface area contributed by atoms with E-state index in [0.29, 0.717) is 17.2 Å². The molecule has 2 rings (SSSR count). The number of carbonyl (C=O) groups excluding carboxylic acids is 1. The van der Waals surface area contributed by atoms with Crippen molar-refractivity contribution in [3.05, 3.63) is 58.6 Å². The molecule has 0 radical (unpaired) electrons. The third kappa shape index (κ3) is 5.22. The minimum Gasteiger partial charge on any atom is -0.494 e. The largest absolute Gasteiger partial charge is 0.494 e. The van der Waals surface area contributed by atoms with Gasteiger partial charge in [-0.3, -0.25) is 10.1 Å². The Balaban J connectivity index is 1.93. The second kappa shape index (κ2) is 8.66. The van der Waals surface area contributed by atoms with Crippen molar-refractivity contribution in [3.8, 4) is 5.75 Å². The van der Waals surface area contributed by atoms with Crippen LogP contribution in [0.4, 0.5) is 5.69 Å². The van der Waals surface area contributed by atoms with E-state index in [4.69, 9.17) is 28.6 Å². The molecule has 6 heteroatoms. The van der Waals surface area contributed by atoms with Crippen molar-refractivity contribution in [2.24, 2.45) is 0 Å². The molecule has 126 valence electrons. The first-order chi connectivity index (χ1) is 11.5. The van der Waals surface area contributed by atoms with E-state index < -0.39 is 0 Å². The topological polar surface area (TPSA) is 50.4 Å². The number of thiocarbonyl (C=S) groups is 1. The summed E-state index contributed by atoms with van der Waals surface area (Å²) in [6.45, 7) is 4.61. The van der Waals surface area contributed by atoms with Crippen LogP contribution >= 0.6 is 23.8 Å². The van der Waals surface area contributed by atoms with Crippen LogP contribution in [0.3, 0.4) is 0 Å². The first kappa shape index (κ1) is 18.2. The number of carbonyl (C=O) groups is 1. The molecule has 4 nitrogen and oxygen atoms in total. The summed E-state index contributed by atoms with van der Waals surface area (Å²) in [4.78, 5) is 12.2. The van der Waals surface area contributed by atoms with Crippen LogP contribution < -0.4 is 15.4 Å². The van der Waals surface area contributed by atoms with E-state index in [1.165, 1.54) is 0 Å². The molecule has 0 spiro atoms. The molecule has 0 saturated carbocycles. The monoisotopic (exact) mass is 362 g/mol. The van der Waals surface area contributed by atoms with Gasteiger partial charge in [-0.2, -0.15) is 0 Å². The van der Waals surface area contributed by atoms with E-state index in [-0.39, 0.29) is 11.0 Å². The maximum atomic E-state index is 12.2. The Morgan fingerprint density at radius 1 is 1.21 bits per heavy atom. The zero-order valence-corrected chi connectivity index (χ0v) is 15.1. The highest BCUT2D eigenvalue weighted by Gasteiger charge is 2.08. The van der Waals surface area contributed by atoms with E-state index in [0.717, 1.165) is 23.4 Å². The third-order valence-electron chi connectivity index (χ3n) is 3.25. The summed E-state index contributed by atoms with van der Waals surface area (Å²) in [6.07, 6.45) is 0.936. The van der Waals surface area contributed by atoms with Crippen LogP contribution in [0.25, 0.3) is 0 Å². The van der Waals surface area contributed by atoms with Gasteiger partial charge in [0.2, 0.25) is 0 Å². The second-order valence-corrected chi connectivity index (χ2v) is 6.06. The highest BCUT2D eigenvalue weighted by molar-refractivity contribution is 7.80. The number of ether oxygens (including phenoxy) is 1. The van der Waals surface area contributed by atoms with Gasteiger partial charge < -0.3 is 10.1 Å². The Morgan fingerprint density at radius 3 is 2.54 bits per heavy atom. The zero-order chi connectivity index (χ0) is 17.5. The molecule has 0 heterocycles. The summed E-state index contributed by atoms with van der Waals surface area (Å²) in [5.74, 6) is 0.455. The molecule has 0 fully saturated rings. The molecule has 0 atom stereocenters. The van der Waals surface area contributed by atoms with Crippen molar-refractivity contribution in [1.82, 2.24) is 5.32 Å². The maximum Gasteiger partial charge on any atom is 0.257 e. The van der Waals surface area contributed by atoms with E-state index in [9.17, 15) is 4.79 Å². The molecule has 2 N–H and O–H groups in total. The molecule has 0 bridgehead atoms. The molecular weight excluding hydrogens is 344 g/mol. The zero-order valence-electron chi connectivity index (χ0n) is 13.6. The Kier molecular flexibility index (Phi) is 6.58. The number of aryl methyl sites for hydroxylation is 1. The highest BCUT2D eigenvalue weighted by atomic mass is 35.5. The van der Waals surface area contributed by atoms with Gasteiger partial charge in [0.15, 0.2) is 5.11 Å². The van der Waals surface area contributed by atoms with Gasteiger partial charge >= 0.3 is 0 Å². The van der Waals surface area contributed by atoms with Gasteiger partial charge in [-0.05, 0) is 67.5 Å². The lowest BCUT2D eigenvalue weighted by atomic mass is 10.2. The first-order valence-electron chi connectivity index (χ1n) is 7.61. The summed E-state index contributed by atoms with van der Waals surface area (Å²) in [5.41, 5.74) is 2.20. The van der Waals surface area contributed by atoms with Crippen molar-refractivity contribution in [2.75, 3.05) is 11.9 Å². The van der Waals surface area contributed by atoms with Gasteiger partial charge in [-0.15, -0.1) is 0 Å². The van der Waals surface area contributed by atoms with E-state index in [2.05, 4.69) is 10.6 Å². The van der Waals surface area contributed by atoms with E-state index in [1.54, 1.807) is 30.3 Å². The molecule has 0 saturated heterocycles. The molecule has 0 aliphatic rings.